The van der Waals surface area contributed by atoms with Gasteiger partial charge in [-0.25, -0.2) is 4.79 Å². The second-order valence-electron chi connectivity index (χ2n) is 5.91. The van der Waals surface area contributed by atoms with E-state index >= 15 is 0 Å². The number of hydrogen-bond donors (Lipinski definition) is 1. The molecule has 10 heteroatoms. The molecule has 0 aliphatic carbocycles. The first-order valence-electron chi connectivity index (χ1n) is 8.23. The largest absolute Gasteiger partial charge is 0.414 e. The molecule has 27 heavy (non-hydrogen) atoms. The molecule has 4 rings (SSSR count). The number of rotatable bonds is 5. The van der Waals surface area contributed by atoms with E-state index in [4.69, 9.17) is 4.42 Å². The van der Waals surface area contributed by atoms with Crippen LogP contribution in [-0.2, 0) is 17.8 Å². The van der Waals surface area contributed by atoms with Crippen LogP contribution in [0.2, 0.25) is 0 Å². The van der Waals surface area contributed by atoms with Gasteiger partial charge in [0, 0.05) is 24.5 Å². The number of aromatic amines is 1. The average molecular weight is 385 g/mol. The van der Waals surface area contributed by atoms with E-state index in [2.05, 4.69) is 15.2 Å². The summed E-state index contributed by atoms with van der Waals surface area (Å²) in [6.07, 6.45) is 2.21. The number of H-pyrrole nitrogens is 1. The van der Waals surface area contributed by atoms with E-state index in [1.54, 1.807) is 4.90 Å². The molecule has 9 nitrogen and oxygen atoms in total. The van der Waals surface area contributed by atoms with Crippen molar-refractivity contribution >= 4 is 23.4 Å². The Morgan fingerprint density at radius 3 is 2.93 bits per heavy atom. The van der Waals surface area contributed by atoms with Gasteiger partial charge in [-0.1, -0.05) is 30.0 Å². The highest BCUT2D eigenvalue weighted by Crippen LogP contribution is 2.28. The van der Waals surface area contributed by atoms with E-state index in [1.807, 2.05) is 24.3 Å². The predicted molar refractivity (Wildman–Crippen MR) is 97.9 cm³/mol. The van der Waals surface area contributed by atoms with Crippen LogP contribution in [-0.4, -0.2) is 38.0 Å². The molecule has 0 bridgehead atoms. The van der Waals surface area contributed by atoms with Gasteiger partial charge in [0.05, 0.1) is 5.75 Å². The van der Waals surface area contributed by atoms with Crippen LogP contribution in [0.15, 0.2) is 55.8 Å². The van der Waals surface area contributed by atoms with Crippen LogP contribution in [0.1, 0.15) is 11.5 Å². The number of nitrogens with one attached hydrogen (secondary N) is 1. The predicted octanol–water partition coefficient (Wildman–Crippen LogP) is 0.649. The van der Waals surface area contributed by atoms with Crippen LogP contribution in [0.3, 0.4) is 0 Å². The molecular formula is C17H15N5O4S. The number of hydrogen-bond acceptors (Lipinski definition) is 7. The third-order valence-corrected chi connectivity index (χ3v) is 4.96. The number of amides is 1. The van der Waals surface area contributed by atoms with Gasteiger partial charge < -0.3 is 9.32 Å². The monoisotopic (exact) mass is 385 g/mol. The Morgan fingerprint density at radius 2 is 2.07 bits per heavy atom. The van der Waals surface area contributed by atoms with Gasteiger partial charge in [0.2, 0.25) is 11.8 Å². The van der Waals surface area contributed by atoms with E-state index in [0.717, 1.165) is 23.9 Å². The lowest BCUT2D eigenvalue weighted by molar-refractivity contribution is -0.116. The van der Waals surface area contributed by atoms with Gasteiger partial charge in [0.25, 0.3) is 10.8 Å². The molecular weight excluding hydrogens is 370 g/mol. The minimum atomic E-state index is -0.558. The molecule has 3 heterocycles. The standard InChI is InChI=1S/C17H15N5O4S/c23-13-6-7-21(16(25)18-13)9-14-19-20-17(26-14)27-10-15(24)22-8-5-11-3-1-2-4-12(11)22/h1-4,6-7H,5,8-10H2,(H,18,23,25). The van der Waals surface area contributed by atoms with E-state index in [1.165, 1.54) is 22.4 Å². The lowest BCUT2D eigenvalue weighted by atomic mass is 10.2. The first-order chi connectivity index (χ1) is 13.1. The molecule has 1 aliphatic rings. The van der Waals surface area contributed by atoms with Gasteiger partial charge in [-0.05, 0) is 18.1 Å². The summed E-state index contributed by atoms with van der Waals surface area (Å²) in [5, 5.41) is 8.02. The van der Waals surface area contributed by atoms with E-state index in [-0.39, 0.29) is 29.3 Å². The van der Waals surface area contributed by atoms with Crippen molar-refractivity contribution in [3.05, 3.63) is 68.8 Å². The summed E-state index contributed by atoms with van der Waals surface area (Å²) < 4.78 is 6.72. The normalized spacial score (nSPS) is 13.0. The van der Waals surface area contributed by atoms with Gasteiger partial charge in [-0.15, -0.1) is 10.2 Å². The van der Waals surface area contributed by atoms with Crippen LogP contribution in [0.4, 0.5) is 5.69 Å². The Labute approximate surface area is 157 Å². The zero-order chi connectivity index (χ0) is 18.8. The van der Waals surface area contributed by atoms with Crippen molar-refractivity contribution in [3.8, 4) is 0 Å². The van der Waals surface area contributed by atoms with Gasteiger partial charge in [-0.3, -0.25) is 19.1 Å². The minimum absolute atomic E-state index is 0.0263. The van der Waals surface area contributed by atoms with Crippen molar-refractivity contribution in [1.29, 1.82) is 0 Å². The van der Waals surface area contributed by atoms with Crippen molar-refractivity contribution in [3.63, 3.8) is 0 Å². The molecule has 0 spiro atoms. The molecule has 1 N–H and O–H groups in total. The van der Waals surface area contributed by atoms with E-state index in [9.17, 15) is 14.4 Å². The van der Waals surface area contributed by atoms with Crippen molar-refractivity contribution in [2.45, 2.75) is 18.2 Å². The van der Waals surface area contributed by atoms with Crippen LogP contribution >= 0.6 is 11.8 Å². The van der Waals surface area contributed by atoms with Crippen LogP contribution in [0, 0.1) is 0 Å². The average Bonchev–Trinajstić information content (AvgIpc) is 3.29. The Hall–Kier alpha value is -3.14. The van der Waals surface area contributed by atoms with E-state index in [0.29, 0.717) is 6.54 Å². The van der Waals surface area contributed by atoms with Gasteiger partial charge in [-0.2, -0.15) is 0 Å². The number of carbonyl (C=O) groups excluding carboxylic acids is 1. The quantitative estimate of drug-likeness (QED) is 0.641. The highest BCUT2D eigenvalue weighted by atomic mass is 32.2. The van der Waals surface area contributed by atoms with Gasteiger partial charge in [0.1, 0.15) is 6.54 Å². The Balaban J connectivity index is 1.38. The molecule has 1 aliphatic heterocycles. The first-order valence-corrected chi connectivity index (χ1v) is 9.22. The highest BCUT2D eigenvalue weighted by molar-refractivity contribution is 7.99. The Bertz CT molecular complexity index is 1100. The summed E-state index contributed by atoms with van der Waals surface area (Å²) in [6.45, 7) is 0.708. The second-order valence-corrected chi connectivity index (χ2v) is 6.84. The molecule has 0 radical (unpaired) electrons. The minimum Gasteiger partial charge on any atom is -0.414 e. The Kier molecular flexibility index (Phi) is 4.63. The number of benzene rings is 1. The molecule has 2 aromatic heterocycles. The molecule has 0 atom stereocenters. The van der Waals surface area contributed by atoms with Crippen LogP contribution in [0.25, 0.3) is 0 Å². The van der Waals surface area contributed by atoms with Crippen molar-refractivity contribution in [1.82, 2.24) is 19.7 Å². The smallest absolute Gasteiger partial charge is 0.328 e. The number of para-hydroxylation sites is 1. The number of carbonyl (C=O) groups is 1. The first kappa shape index (κ1) is 17.3. The molecule has 3 aromatic rings. The summed E-state index contributed by atoms with van der Waals surface area (Å²) in [7, 11) is 0. The van der Waals surface area contributed by atoms with E-state index < -0.39 is 11.2 Å². The van der Waals surface area contributed by atoms with Crippen LogP contribution in [0.5, 0.6) is 0 Å². The highest BCUT2D eigenvalue weighted by Gasteiger charge is 2.24. The number of thioether (sulfide) groups is 1. The lowest BCUT2D eigenvalue weighted by Gasteiger charge is -2.16. The molecule has 0 unspecified atom stereocenters. The number of aromatic nitrogens is 4. The second kappa shape index (κ2) is 7.23. The maximum atomic E-state index is 12.5. The summed E-state index contributed by atoms with van der Waals surface area (Å²) >= 11 is 1.15. The molecule has 1 aromatic carbocycles. The fourth-order valence-corrected chi connectivity index (χ4v) is 3.53. The number of anilines is 1. The van der Waals surface area contributed by atoms with Gasteiger partial charge in [0.15, 0.2) is 0 Å². The van der Waals surface area contributed by atoms with Crippen molar-refractivity contribution in [2.75, 3.05) is 17.2 Å². The fraction of sp³-hybridized carbons (Fsp3) is 0.235. The third kappa shape index (κ3) is 3.70. The lowest BCUT2D eigenvalue weighted by Crippen LogP contribution is -2.30. The SMILES string of the molecule is O=C(CSc1nnc(Cn2ccc(=O)[nH]c2=O)o1)N1CCc2ccccc21. The Morgan fingerprint density at radius 1 is 1.22 bits per heavy atom. The molecule has 138 valence electrons. The molecule has 0 fully saturated rings. The summed E-state index contributed by atoms with van der Waals surface area (Å²) in [5.74, 6) is 0.362. The third-order valence-electron chi connectivity index (χ3n) is 4.16. The zero-order valence-electron chi connectivity index (χ0n) is 14.1. The zero-order valence-corrected chi connectivity index (χ0v) is 14.9. The molecule has 0 saturated carbocycles. The van der Waals surface area contributed by atoms with Crippen molar-refractivity contribution in [2.24, 2.45) is 0 Å². The van der Waals surface area contributed by atoms with Crippen LogP contribution < -0.4 is 16.1 Å². The maximum Gasteiger partial charge on any atom is 0.328 e. The number of fused-ring (bicyclic) bond motifs is 1. The summed E-state index contributed by atoms with van der Waals surface area (Å²) in [5.41, 5.74) is 1.09. The summed E-state index contributed by atoms with van der Waals surface area (Å²) in [6, 6.07) is 9.09. The fourth-order valence-electron chi connectivity index (χ4n) is 2.87. The summed E-state index contributed by atoms with van der Waals surface area (Å²) in [4.78, 5) is 39.2. The molecule has 0 saturated heterocycles. The number of nitrogens with zero attached hydrogens (tertiary/aromatic N) is 4. The van der Waals surface area contributed by atoms with Gasteiger partial charge >= 0.3 is 5.69 Å². The topological polar surface area (TPSA) is 114 Å². The van der Waals surface area contributed by atoms with Crippen molar-refractivity contribution < 1.29 is 9.21 Å². The maximum absolute atomic E-state index is 12.5. The molecule has 1 amide bonds.